The van der Waals surface area contributed by atoms with Gasteiger partial charge in [0.05, 0.1) is 13.4 Å². The van der Waals surface area contributed by atoms with Crippen molar-refractivity contribution in [3.63, 3.8) is 0 Å². The third kappa shape index (κ3) is 4.76. The van der Waals surface area contributed by atoms with Crippen LogP contribution in [0.25, 0.3) is 0 Å². The van der Waals surface area contributed by atoms with Crippen LogP contribution >= 0.6 is 0 Å². The van der Waals surface area contributed by atoms with E-state index < -0.39 is 10.0 Å². The fourth-order valence-corrected chi connectivity index (χ4v) is 2.46. The molecule has 0 saturated heterocycles. The molecule has 2 N–H and O–H groups in total. The van der Waals surface area contributed by atoms with E-state index in [9.17, 15) is 8.42 Å². The van der Waals surface area contributed by atoms with E-state index in [-0.39, 0.29) is 0 Å². The van der Waals surface area contributed by atoms with Crippen molar-refractivity contribution in [2.45, 2.75) is 6.54 Å². The Morgan fingerprint density at radius 2 is 2.00 bits per heavy atom. The van der Waals surface area contributed by atoms with Crippen molar-refractivity contribution in [3.05, 3.63) is 17.7 Å². The summed E-state index contributed by atoms with van der Waals surface area (Å²) in [5.74, 6) is 1.94. The molecule has 118 valence electrons. The van der Waals surface area contributed by atoms with Gasteiger partial charge in [-0.1, -0.05) is 0 Å². The molecule has 0 fully saturated rings. The Kier molecular flexibility index (Phi) is 5.27. The van der Waals surface area contributed by atoms with Gasteiger partial charge in [0.15, 0.2) is 11.5 Å². The number of hydrogen-bond acceptors (Lipinski definition) is 6. The zero-order valence-electron chi connectivity index (χ0n) is 12.1. The summed E-state index contributed by atoms with van der Waals surface area (Å²) in [5, 5.41) is 3.15. The van der Waals surface area contributed by atoms with Gasteiger partial charge in [0, 0.05) is 19.6 Å². The van der Waals surface area contributed by atoms with E-state index in [4.69, 9.17) is 14.2 Å². The van der Waals surface area contributed by atoms with Crippen LogP contribution in [0, 0.1) is 0 Å². The Balaban J connectivity index is 1.91. The number of ether oxygens (including phenoxy) is 3. The Morgan fingerprint density at radius 1 is 1.24 bits per heavy atom. The second-order valence-electron chi connectivity index (χ2n) is 4.67. The molecule has 1 aromatic rings. The highest BCUT2D eigenvalue weighted by molar-refractivity contribution is 7.88. The largest absolute Gasteiger partial charge is 0.493 e. The van der Waals surface area contributed by atoms with Crippen LogP contribution in [-0.2, 0) is 16.6 Å². The average Bonchev–Trinajstić information content (AvgIpc) is 2.44. The lowest BCUT2D eigenvalue weighted by molar-refractivity contribution is 0.165. The van der Waals surface area contributed by atoms with Gasteiger partial charge < -0.3 is 19.5 Å². The molecular formula is C13H20N2O5S. The summed E-state index contributed by atoms with van der Waals surface area (Å²) >= 11 is 0. The highest BCUT2D eigenvalue weighted by Crippen LogP contribution is 2.40. The zero-order valence-corrected chi connectivity index (χ0v) is 13.0. The third-order valence-electron chi connectivity index (χ3n) is 2.88. The first-order valence-corrected chi connectivity index (χ1v) is 8.50. The zero-order chi connectivity index (χ0) is 15.3. The van der Waals surface area contributed by atoms with E-state index in [1.807, 2.05) is 12.1 Å². The minimum atomic E-state index is -3.14. The van der Waals surface area contributed by atoms with Gasteiger partial charge in [-0.2, -0.15) is 0 Å². The maximum Gasteiger partial charge on any atom is 0.208 e. The summed E-state index contributed by atoms with van der Waals surface area (Å²) in [6.45, 7) is 2.49. The molecule has 1 aliphatic rings. The normalized spacial score (nSPS) is 14.0. The van der Waals surface area contributed by atoms with Gasteiger partial charge in [-0.15, -0.1) is 0 Å². The first kappa shape index (κ1) is 15.9. The van der Waals surface area contributed by atoms with Crippen LogP contribution < -0.4 is 24.2 Å². The summed E-state index contributed by atoms with van der Waals surface area (Å²) in [5.41, 5.74) is 0.982. The van der Waals surface area contributed by atoms with Crippen molar-refractivity contribution in [2.24, 2.45) is 0 Å². The molecule has 0 aromatic heterocycles. The average molecular weight is 316 g/mol. The molecule has 0 radical (unpaired) electrons. The van der Waals surface area contributed by atoms with E-state index in [0.717, 1.165) is 11.8 Å². The summed E-state index contributed by atoms with van der Waals surface area (Å²) < 4.78 is 40.7. The number of rotatable bonds is 7. The predicted molar refractivity (Wildman–Crippen MR) is 78.5 cm³/mol. The van der Waals surface area contributed by atoms with Gasteiger partial charge in [-0.25, -0.2) is 13.1 Å². The molecular weight excluding hydrogens is 296 g/mol. The molecule has 8 heteroatoms. The molecule has 1 aliphatic heterocycles. The molecule has 0 bridgehead atoms. The first-order chi connectivity index (χ1) is 9.99. The van der Waals surface area contributed by atoms with Crippen LogP contribution in [0.4, 0.5) is 0 Å². The van der Waals surface area contributed by atoms with Gasteiger partial charge in [-0.3, -0.25) is 0 Å². The Bertz CT molecular complexity index is 571. The Labute approximate surface area is 124 Å². The number of hydrogen-bond donors (Lipinski definition) is 2. The molecule has 1 aromatic carbocycles. The molecule has 7 nitrogen and oxygen atoms in total. The second-order valence-corrected chi connectivity index (χ2v) is 6.50. The SMILES string of the molecule is COc1cc(CNCCNS(C)(=O)=O)cc2c1OCCO2. The standard InChI is InChI=1S/C13H20N2O5S/c1-18-11-7-10(8-12-13(11)20-6-5-19-12)9-14-3-4-15-21(2,16)17/h7-8,14-15H,3-6,9H2,1-2H3. The van der Waals surface area contributed by atoms with Gasteiger partial charge >= 0.3 is 0 Å². The summed E-state index contributed by atoms with van der Waals surface area (Å²) in [6, 6.07) is 3.78. The molecule has 0 spiro atoms. The topological polar surface area (TPSA) is 85.9 Å². The summed E-state index contributed by atoms with van der Waals surface area (Å²) in [7, 11) is -1.55. The maximum absolute atomic E-state index is 10.9. The highest BCUT2D eigenvalue weighted by Gasteiger charge is 2.18. The van der Waals surface area contributed by atoms with E-state index in [1.165, 1.54) is 0 Å². The number of sulfonamides is 1. The molecule has 0 atom stereocenters. The fraction of sp³-hybridized carbons (Fsp3) is 0.538. The highest BCUT2D eigenvalue weighted by atomic mass is 32.2. The van der Waals surface area contributed by atoms with E-state index in [2.05, 4.69) is 10.0 Å². The Morgan fingerprint density at radius 3 is 2.71 bits per heavy atom. The van der Waals surface area contributed by atoms with Crippen molar-refractivity contribution in [1.82, 2.24) is 10.0 Å². The number of benzene rings is 1. The van der Waals surface area contributed by atoms with Gasteiger partial charge in [0.2, 0.25) is 15.8 Å². The van der Waals surface area contributed by atoms with Crippen molar-refractivity contribution >= 4 is 10.0 Å². The van der Waals surface area contributed by atoms with Gasteiger partial charge in [0.1, 0.15) is 13.2 Å². The molecule has 0 amide bonds. The van der Waals surface area contributed by atoms with Gasteiger partial charge in [-0.05, 0) is 17.7 Å². The number of nitrogens with one attached hydrogen (secondary N) is 2. The number of methoxy groups -OCH3 is 1. The monoisotopic (exact) mass is 316 g/mol. The number of fused-ring (bicyclic) bond motifs is 1. The lowest BCUT2D eigenvalue weighted by Gasteiger charge is -2.21. The van der Waals surface area contributed by atoms with Crippen LogP contribution in [0.1, 0.15) is 5.56 Å². The van der Waals surface area contributed by atoms with Crippen molar-refractivity contribution in [2.75, 3.05) is 39.7 Å². The van der Waals surface area contributed by atoms with Crippen LogP contribution in [0.3, 0.4) is 0 Å². The molecule has 0 aliphatic carbocycles. The fourth-order valence-electron chi connectivity index (χ4n) is 1.99. The van der Waals surface area contributed by atoms with Crippen LogP contribution in [0.15, 0.2) is 12.1 Å². The quantitative estimate of drug-likeness (QED) is 0.694. The molecule has 1 heterocycles. The maximum atomic E-state index is 10.9. The lowest BCUT2D eigenvalue weighted by atomic mass is 10.1. The summed E-state index contributed by atoms with van der Waals surface area (Å²) in [6.07, 6.45) is 1.14. The minimum absolute atomic E-state index is 0.348. The molecule has 0 saturated carbocycles. The molecule has 2 rings (SSSR count). The second kappa shape index (κ2) is 6.97. The lowest BCUT2D eigenvalue weighted by Crippen LogP contribution is -2.30. The molecule has 21 heavy (non-hydrogen) atoms. The van der Waals surface area contributed by atoms with Crippen molar-refractivity contribution in [1.29, 1.82) is 0 Å². The van der Waals surface area contributed by atoms with Crippen molar-refractivity contribution < 1.29 is 22.6 Å². The minimum Gasteiger partial charge on any atom is -0.493 e. The predicted octanol–water partition coefficient (Wildman–Crippen LogP) is 0.105. The van der Waals surface area contributed by atoms with Crippen LogP contribution in [0.2, 0.25) is 0 Å². The van der Waals surface area contributed by atoms with Crippen LogP contribution in [-0.4, -0.2) is 48.1 Å². The van der Waals surface area contributed by atoms with Crippen molar-refractivity contribution in [3.8, 4) is 17.2 Å². The van der Waals surface area contributed by atoms with E-state index in [0.29, 0.717) is 50.1 Å². The van der Waals surface area contributed by atoms with E-state index >= 15 is 0 Å². The Hall–Kier alpha value is -1.51. The van der Waals surface area contributed by atoms with Gasteiger partial charge in [0.25, 0.3) is 0 Å². The third-order valence-corrected chi connectivity index (χ3v) is 3.61. The summed E-state index contributed by atoms with van der Waals surface area (Å²) in [4.78, 5) is 0. The van der Waals surface area contributed by atoms with Crippen LogP contribution in [0.5, 0.6) is 17.2 Å². The van der Waals surface area contributed by atoms with E-state index in [1.54, 1.807) is 7.11 Å². The molecule has 0 unspecified atom stereocenters. The smallest absolute Gasteiger partial charge is 0.208 e. The first-order valence-electron chi connectivity index (χ1n) is 6.61.